The zero-order chi connectivity index (χ0) is 17.8. The van der Waals surface area contributed by atoms with Gasteiger partial charge in [0.2, 0.25) is 0 Å². The summed E-state index contributed by atoms with van der Waals surface area (Å²) in [7, 11) is 0. The van der Waals surface area contributed by atoms with Gasteiger partial charge in [-0.3, -0.25) is 4.79 Å². The number of amides is 1. The van der Waals surface area contributed by atoms with Crippen LogP contribution in [-0.2, 0) is 6.54 Å². The maximum absolute atomic E-state index is 12.4. The normalized spacial score (nSPS) is 10.6. The topological polar surface area (TPSA) is 103 Å². The van der Waals surface area contributed by atoms with Gasteiger partial charge in [0.15, 0.2) is 11.6 Å². The van der Waals surface area contributed by atoms with Gasteiger partial charge in [0.25, 0.3) is 5.91 Å². The minimum absolute atomic E-state index is 0.204. The summed E-state index contributed by atoms with van der Waals surface area (Å²) < 4.78 is 3.17. The zero-order valence-corrected chi connectivity index (χ0v) is 13.6. The second-order valence-corrected chi connectivity index (χ2v) is 5.40. The average molecular weight is 346 g/mol. The van der Waals surface area contributed by atoms with Crippen LogP contribution in [0.1, 0.15) is 15.9 Å². The molecule has 0 aromatic carbocycles. The summed E-state index contributed by atoms with van der Waals surface area (Å²) in [5.41, 5.74) is 1.38. The SMILES string of the molecule is O=C(NCc1ccc(-n2cccn2)nc1)c1ccnc(-n2cncn2)c1. The molecule has 128 valence electrons. The number of hydrogen-bond acceptors (Lipinski definition) is 6. The summed E-state index contributed by atoms with van der Waals surface area (Å²) in [5.74, 6) is 1.04. The Morgan fingerprint density at radius 1 is 1.04 bits per heavy atom. The molecule has 4 aromatic rings. The van der Waals surface area contributed by atoms with Crippen molar-refractivity contribution in [3.63, 3.8) is 0 Å². The summed E-state index contributed by atoms with van der Waals surface area (Å²) in [6, 6.07) is 8.89. The highest BCUT2D eigenvalue weighted by Crippen LogP contribution is 2.07. The average Bonchev–Trinajstić information content (AvgIpc) is 3.40. The molecule has 0 spiro atoms. The molecule has 0 atom stereocenters. The van der Waals surface area contributed by atoms with Crippen LogP contribution in [0.2, 0.25) is 0 Å². The van der Waals surface area contributed by atoms with Gasteiger partial charge in [0.05, 0.1) is 0 Å². The number of nitrogens with zero attached hydrogens (tertiary/aromatic N) is 7. The van der Waals surface area contributed by atoms with E-state index in [1.165, 1.54) is 17.3 Å². The molecule has 0 aliphatic carbocycles. The van der Waals surface area contributed by atoms with Crippen molar-refractivity contribution in [3.05, 3.63) is 78.9 Å². The summed E-state index contributed by atoms with van der Waals surface area (Å²) in [4.78, 5) is 24.8. The minimum atomic E-state index is -0.204. The Morgan fingerprint density at radius 3 is 2.73 bits per heavy atom. The third kappa shape index (κ3) is 3.31. The molecule has 9 heteroatoms. The molecule has 0 unspecified atom stereocenters. The lowest BCUT2D eigenvalue weighted by Crippen LogP contribution is -2.23. The summed E-state index contributed by atoms with van der Waals surface area (Å²) in [5, 5.41) is 11.0. The van der Waals surface area contributed by atoms with Gasteiger partial charge in [-0.15, -0.1) is 0 Å². The first-order valence-electron chi connectivity index (χ1n) is 7.84. The number of pyridine rings is 2. The van der Waals surface area contributed by atoms with Gasteiger partial charge in [0, 0.05) is 36.9 Å². The standard InChI is InChI=1S/C17H14N8O/c26-17(14-4-6-19-16(8-14)25-12-18-11-23-25)21-10-13-2-3-15(20-9-13)24-7-1-5-22-24/h1-9,11-12H,10H2,(H,21,26). The van der Waals surface area contributed by atoms with Crippen molar-refractivity contribution in [1.29, 1.82) is 0 Å². The van der Waals surface area contributed by atoms with E-state index in [9.17, 15) is 4.79 Å². The molecule has 4 aromatic heterocycles. The van der Waals surface area contributed by atoms with Crippen molar-refractivity contribution < 1.29 is 4.79 Å². The molecule has 4 heterocycles. The Morgan fingerprint density at radius 2 is 2.00 bits per heavy atom. The fraction of sp³-hybridized carbons (Fsp3) is 0.0588. The smallest absolute Gasteiger partial charge is 0.251 e. The number of hydrogen-bond donors (Lipinski definition) is 1. The van der Waals surface area contributed by atoms with Crippen molar-refractivity contribution in [3.8, 4) is 11.6 Å². The van der Waals surface area contributed by atoms with E-state index in [4.69, 9.17) is 0 Å². The van der Waals surface area contributed by atoms with Crippen LogP contribution in [0.4, 0.5) is 0 Å². The van der Waals surface area contributed by atoms with Crippen LogP contribution in [0.15, 0.2) is 67.8 Å². The van der Waals surface area contributed by atoms with Crippen LogP contribution < -0.4 is 5.32 Å². The van der Waals surface area contributed by atoms with E-state index < -0.39 is 0 Å². The van der Waals surface area contributed by atoms with E-state index in [1.807, 2.05) is 24.4 Å². The van der Waals surface area contributed by atoms with Crippen LogP contribution in [0.5, 0.6) is 0 Å². The fourth-order valence-corrected chi connectivity index (χ4v) is 2.36. The van der Waals surface area contributed by atoms with E-state index in [0.717, 1.165) is 11.4 Å². The van der Waals surface area contributed by atoms with E-state index in [-0.39, 0.29) is 5.91 Å². The number of nitrogens with one attached hydrogen (secondary N) is 1. The molecule has 0 radical (unpaired) electrons. The molecule has 0 fully saturated rings. The van der Waals surface area contributed by atoms with Crippen LogP contribution in [0.3, 0.4) is 0 Å². The van der Waals surface area contributed by atoms with Gasteiger partial charge in [-0.1, -0.05) is 6.07 Å². The maximum atomic E-state index is 12.4. The van der Waals surface area contributed by atoms with Crippen LogP contribution in [0.25, 0.3) is 11.6 Å². The number of rotatable bonds is 5. The highest BCUT2D eigenvalue weighted by Gasteiger charge is 2.08. The Kier molecular flexibility index (Phi) is 4.17. The predicted molar refractivity (Wildman–Crippen MR) is 91.7 cm³/mol. The Hall–Kier alpha value is -3.88. The molecule has 4 rings (SSSR count). The van der Waals surface area contributed by atoms with Crippen molar-refractivity contribution in [1.82, 2.24) is 39.8 Å². The van der Waals surface area contributed by atoms with Crippen molar-refractivity contribution in [2.24, 2.45) is 0 Å². The molecule has 0 bridgehead atoms. The molecule has 1 N–H and O–H groups in total. The first-order valence-corrected chi connectivity index (χ1v) is 7.84. The largest absolute Gasteiger partial charge is 0.348 e. The molecule has 1 amide bonds. The number of aromatic nitrogens is 7. The summed E-state index contributed by atoms with van der Waals surface area (Å²) in [6.45, 7) is 0.367. The molecular weight excluding hydrogens is 332 g/mol. The first-order chi connectivity index (χ1) is 12.8. The van der Waals surface area contributed by atoms with Gasteiger partial charge in [0.1, 0.15) is 12.7 Å². The third-order valence-electron chi connectivity index (χ3n) is 3.66. The highest BCUT2D eigenvalue weighted by atomic mass is 16.1. The lowest BCUT2D eigenvalue weighted by Gasteiger charge is -2.07. The first kappa shape index (κ1) is 15.6. The van der Waals surface area contributed by atoms with E-state index >= 15 is 0 Å². The van der Waals surface area contributed by atoms with Gasteiger partial charge in [-0.2, -0.15) is 10.2 Å². The lowest BCUT2D eigenvalue weighted by molar-refractivity contribution is 0.0950. The third-order valence-corrected chi connectivity index (χ3v) is 3.66. The van der Waals surface area contributed by atoms with Crippen LogP contribution in [-0.4, -0.2) is 40.4 Å². The second-order valence-electron chi connectivity index (χ2n) is 5.40. The van der Waals surface area contributed by atoms with E-state index in [1.54, 1.807) is 35.4 Å². The van der Waals surface area contributed by atoms with Crippen LogP contribution in [0, 0.1) is 0 Å². The van der Waals surface area contributed by atoms with Gasteiger partial charge in [-0.25, -0.2) is 24.3 Å². The molecule has 0 aliphatic heterocycles. The van der Waals surface area contributed by atoms with E-state index in [0.29, 0.717) is 17.9 Å². The molecule has 9 nitrogen and oxygen atoms in total. The maximum Gasteiger partial charge on any atom is 0.251 e. The molecule has 0 saturated heterocycles. The summed E-state index contributed by atoms with van der Waals surface area (Å²) >= 11 is 0. The number of carbonyl (C=O) groups excluding carboxylic acids is 1. The predicted octanol–water partition coefficient (Wildman–Crippen LogP) is 1.17. The lowest BCUT2D eigenvalue weighted by atomic mass is 10.2. The molecular formula is C17H14N8O. The molecule has 0 aliphatic rings. The highest BCUT2D eigenvalue weighted by molar-refractivity contribution is 5.94. The Balaban J connectivity index is 1.42. The minimum Gasteiger partial charge on any atom is -0.348 e. The van der Waals surface area contributed by atoms with Crippen LogP contribution >= 0.6 is 0 Å². The van der Waals surface area contributed by atoms with Gasteiger partial charge < -0.3 is 5.32 Å². The molecule has 0 saturated carbocycles. The molecule has 26 heavy (non-hydrogen) atoms. The zero-order valence-electron chi connectivity index (χ0n) is 13.6. The van der Waals surface area contributed by atoms with Gasteiger partial charge >= 0.3 is 0 Å². The quantitative estimate of drug-likeness (QED) is 0.582. The summed E-state index contributed by atoms with van der Waals surface area (Å²) in [6.07, 6.45) is 9.72. The Bertz CT molecular complexity index is 994. The van der Waals surface area contributed by atoms with Gasteiger partial charge in [-0.05, 0) is 29.8 Å². The fourth-order valence-electron chi connectivity index (χ4n) is 2.36. The van der Waals surface area contributed by atoms with Crippen molar-refractivity contribution >= 4 is 5.91 Å². The number of carbonyl (C=O) groups is 1. The second kappa shape index (κ2) is 6.93. The van der Waals surface area contributed by atoms with E-state index in [2.05, 4.69) is 30.5 Å². The monoisotopic (exact) mass is 346 g/mol. The van der Waals surface area contributed by atoms with Crippen molar-refractivity contribution in [2.75, 3.05) is 0 Å². The van der Waals surface area contributed by atoms with Crippen molar-refractivity contribution in [2.45, 2.75) is 6.54 Å². The Labute approximate surface area is 148 Å².